The number of thiazole rings is 1. The first-order chi connectivity index (χ1) is 11.1. The second kappa shape index (κ2) is 5.77. The van der Waals surface area contributed by atoms with Crippen LogP contribution in [-0.4, -0.2) is 23.7 Å². The van der Waals surface area contributed by atoms with Crippen LogP contribution in [-0.2, 0) is 7.05 Å². The van der Waals surface area contributed by atoms with Crippen molar-refractivity contribution in [2.45, 2.75) is 0 Å². The van der Waals surface area contributed by atoms with E-state index in [1.54, 1.807) is 6.07 Å². The van der Waals surface area contributed by atoms with Gasteiger partial charge in [0.1, 0.15) is 13.2 Å². The van der Waals surface area contributed by atoms with E-state index in [0.717, 1.165) is 25.5 Å². The molecule has 8 heteroatoms. The summed E-state index contributed by atoms with van der Waals surface area (Å²) in [6.07, 6.45) is 0. The maximum Gasteiger partial charge on any atom is 0.289 e. The molecule has 0 N–H and O–H groups in total. The number of fused-ring (bicyclic) bond motifs is 2. The van der Waals surface area contributed by atoms with Crippen LogP contribution in [0.15, 0.2) is 33.0 Å². The van der Waals surface area contributed by atoms with Gasteiger partial charge < -0.3 is 14.0 Å². The van der Waals surface area contributed by atoms with Gasteiger partial charge in [0.25, 0.3) is 5.91 Å². The molecule has 0 fully saturated rings. The highest BCUT2D eigenvalue weighted by atomic mass is 79.9. The molecule has 3 heterocycles. The first-order valence-electron chi connectivity index (χ1n) is 6.85. The van der Waals surface area contributed by atoms with Crippen LogP contribution in [0.25, 0.3) is 10.2 Å². The smallest absolute Gasteiger partial charge is 0.289 e. The van der Waals surface area contributed by atoms with Crippen molar-refractivity contribution in [3.05, 3.63) is 37.7 Å². The van der Waals surface area contributed by atoms with Crippen LogP contribution >= 0.6 is 38.6 Å². The lowest BCUT2D eigenvalue weighted by molar-refractivity contribution is 0.100. The maximum absolute atomic E-state index is 12.3. The van der Waals surface area contributed by atoms with Gasteiger partial charge in [-0.05, 0) is 28.1 Å². The topological polar surface area (TPSA) is 52.8 Å². The van der Waals surface area contributed by atoms with E-state index >= 15 is 0 Å². The molecule has 0 unspecified atom stereocenters. The predicted octanol–water partition coefficient (Wildman–Crippen LogP) is 3.58. The number of carbonyl (C=O) groups excluding carboxylic acids is 1. The zero-order valence-electron chi connectivity index (χ0n) is 12.0. The second-order valence-corrected chi connectivity index (χ2v) is 8.40. The van der Waals surface area contributed by atoms with E-state index in [2.05, 4.69) is 20.9 Å². The molecule has 1 aliphatic heterocycles. The molecule has 4 rings (SSSR count). The number of halogens is 1. The van der Waals surface area contributed by atoms with Crippen LogP contribution in [0.4, 0.5) is 0 Å². The molecule has 0 bridgehead atoms. The van der Waals surface area contributed by atoms with Gasteiger partial charge in [-0.2, -0.15) is 4.99 Å². The summed E-state index contributed by atoms with van der Waals surface area (Å²) in [7, 11) is 1.89. The standard InChI is InChI=1S/C15H11BrN2O3S2/c1-18-8-6-9-10(21-5-4-20-9)7-12(8)23-15(18)17-14(19)11-2-3-13(16)22-11/h2-3,6-7H,4-5H2,1H3. The fourth-order valence-electron chi connectivity index (χ4n) is 2.34. The molecule has 0 atom stereocenters. The minimum Gasteiger partial charge on any atom is -0.486 e. The summed E-state index contributed by atoms with van der Waals surface area (Å²) in [6, 6.07) is 7.50. The van der Waals surface area contributed by atoms with Crippen LogP contribution in [0, 0.1) is 0 Å². The van der Waals surface area contributed by atoms with Crippen molar-refractivity contribution in [3.8, 4) is 11.5 Å². The molecule has 2 aromatic heterocycles. The summed E-state index contributed by atoms with van der Waals surface area (Å²) in [6.45, 7) is 1.11. The molecule has 1 aliphatic rings. The Morgan fingerprint density at radius 2 is 1.96 bits per heavy atom. The van der Waals surface area contributed by atoms with E-state index in [0.29, 0.717) is 22.9 Å². The summed E-state index contributed by atoms with van der Waals surface area (Å²) in [5.41, 5.74) is 0.971. The third-order valence-corrected chi connectivity index (χ3v) is 6.16. The molecule has 0 radical (unpaired) electrons. The Morgan fingerprint density at radius 1 is 1.22 bits per heavy atom. The number of rotatable bonds is 1. The summed E-state index contributed by atoms with van der Waals surface area (Å²) in [5.74, 6) is 1.24. The third kappa shape index (κ3) is 2.71. The molecule has 23 heavy (non-hydrogen) atoms. The lowest BCUT2D eigenvalue weighted by atomic mass is 10.3. The Balaban J connectivity index is 1.82. The number of thiophene rings is 1. The fraction of sp³-hybridized carbons (Fsp3) is 0.200. The van der Waals surface area contributed by atoms with Crippen molar-refractivity contribution in [3.63, 3.8) is 0 Å². The highest BCUT2D eigenvalue weighted by molar-refractivity contribution is 9.11. The van der Waals surface area contributed by atoms with Crippen LogP contribution in [0.2, 0.25) is 0 Å². The molecular weight excluding hydrogens is 400 g/mol. The highest BCUT2D eigenvalue weighted by Gasteiger charge is 2.16. The van der Waals surface area contributed by atoms with E-state index < -0.39 is 0 Å². The molecule has 0 aliphatic carbocycles. The minimum atomic E-state index is -0.236. The molecule has 1 amide bonds. The van der Waals surface area contributed by atoms with Gasteiger partial charge in [-0.3, -0.25) is 4.79 Å². The summed E-state index contributed by atoms with van der Waals surface area (Å²) < 4.78 is 15.0. The lowest BCUT2D eigenvalue weighted by Gasteiger charge is -2.18. The Bertz CT molecular complexity index is 986. The molecule has 1 aromatic carbocycles. The van der Waals surface area contributed by atoms with Gasteiger partial charge in [-0.1, -0.05) is 11.3 Å². The van der Waals surface area contributed by atoms with Gasteiger partial charge in [-0.15, -0.1) is 11.3 Å². The normalized spacial score (nSPS) is 14.4. The van der Waals surface area contributed by atoms with Gasteiger partial charge in [0.2, 0.25) is 0 Å². The molecule has 118 valence electrons. The average Bonchev–Trinajstić information content (AvgIpc) is 3.10. The first-order valence-corrected chi connectivity index (χ1v) is 9.28. The van der Waals surface area contributed by atoms with Crippen LogP contribution in [0.3, 0.4) is 0 Å². The quantitative estimate of drug-likeness (QED) is 0.615. The first kappa shape index (κ1) is 14.9. The Labute approximate surface area is 147 Å². The lowest BCUT2D eigenvalue weighted by Crippen LogP contribution is -2.15. The SMILES string of the molecule is Cn1c(=NC(=O)c2ccc(Br)s2)sc2cc3c(cc21)OCCO3. The zero-order valence-corrected chi connectivity index (χ0v) is 15.3. The van der Waals surface area contributed by atoms with E-state index in [-0.39, 0.29) is 5.91 Å². The number of nitrogens with zero attached hydrogens (tertiary/aromatic N) is 2. The van der Waals surface area contributed by atoms with Gasteiger partial charge in [0.05, 0.1) is 18.9 Å². The Morgan fingerprint density at radius 3 is 2.65 bits per heavy atom. The molecule has 0 saturated heterocycles. The molecule has 3 aromatic rings. The van der Waals surface area contributed by atoms with Crippen molar-refractivity contribution in [2.75, 3.05) is 13.2 Å². The number of aryl methyl sites for hydroxylation is 1. The number of hydrogen-bond acceptors (Lipinski definition) is 5. The molecule has 0 saturated carbocycles. The van der Waals surface area contributed by atoms with Crippen LogP contribution < -0.4 is 14.3 Å². The maximum atomic E-state index is 12.3. The number of hydrogen-bond donors (Lipinski definition) is 0. The van der Waals surface area contributed by atoms with E-state index in [1.807, 2.05) is 29.8 Å². The number of amides is 1. The number of aromatic nitrogens is 1. The van der Waals surface area contributed by atoms with Gasteiger partial charge in [0, 0.05) is 19.2 Å². The van der Waals surface area contributed by atoms with Crippen LogP contribution in [0.5, 0.6) is 11.5 Å². The second-order valence-electron chi connectivity index (χ2n) is 4.93. The highest BCUT2D eigenvalue weighted by Crippen LogP contribution is 2.35. The van der Waals surface area contributed by atoms with Crippen molar-refractivity contribution in [2.24, 2.45) is 12.0 Å². The van der Waals surface area contributed by atoms with Crippen molar-refractivity contribution in [1.82, 2.24) is 4.57 Å². The van der Waals surface area contributed by atoms with Gasteiger partial charge in [-0.25, -0.2) is 0 Å². The summed E-state index contributed by atoms with van der Waals surface area (Å²) >= 11 is 6.20. The van der Waals surface area contributed by atoms with Gasteiger partial charge in [0.15, 0.2) is 16.3 Å². The molecule has 5 nitrogen and oxygen atoms in total. The van der Waals surface area contributed by atoms with Gasteiger partial charge >= 0.3 is 0 Å². The summed E-state index contributed by atoms with van der Waals surface area (Å²) in [4.78, 5) is 17.8. The third-order valence-electron chi connectivity index (χ3n) is 3.45. The van der Waals surface area contributed by atoms with E-state index in [1.165, 1.54) is 22.7 Å². The number of carbonyl (C=O) groups is 1. The minimum absolute atomic E-state index is 0.236. The van der Waals surface area contributed by atoms with E-state index in [9.17, 15) is 4.79 Å². The molecule has 0 spiro atoms. The zero-order chi connectivity index (χ0) is 16.0. The summed E-state index contributed by atoms with van der Waals surface area (Å²) in [5, 5.41) is 0. The number of ether oxygens (including phenoxy) is 2. The number of benzene rings is 1. The largest absolute Gasteiger partial charge is 0.486 e. The van der Waals surface area contributed by atoms with Crippen molar-refractivity contribution < 1.29 is 14.3 Å². The monoisotopic (exact) mass is 410 g/mol. The van der Waals surface area contributed by atoms with Crippen LogP contribution in [0.1, 0.15) is 9.67 Å². The van der Waals surface area contributed by atoms with E-state index in [4.69, 9.17) is 9.47 Å². The fourth-order valence-corrected chi connectivity index (χ4v) is 4.64. The Kier molecular flexibility index (Phi) is 3.74. The predicted molar refractivity (Wildman–Crippen MR) is 93.7 cm³/mol. The van der Waals surface area contributed by atoms with Crippen molar-refractivity contribution in [1.29, 1.82) is 0 Å². The van der Waals surface area contributed by atoms with Crippen molar-refractivity contribution >= 4 is 54.7 Å². The Hall–Kier alpha value is -1.64. The molecular formula is C15H11BrN2O3S2. The average molecular weight is 411 g/mol.